The van der Waals surface area contributed by atoms with Crippen molar-refractivity contribution in [2.45, 2.75) is 96.8 Å². The Bertz CT molecular complexity index is 527. The van der Waals surface area contributed by atoms with Gasteiger partial charge in [-0.2, -0.15) is 0 Å². The zero-order valence-electron chi connectivity index (χ0n) is 18.6. The molecule has 1 aromatic rings. The highest BCUT2D eigenvalue weighted by Gasteiger charge is 2.12. The first-order valence-corrected chi connectivity index (χ1v) is 11.6. The molecule has 0 unspecified atom stereocenters. The fourth-order valence-corrected chi connectivity index (χ4v) is 3.35. The number of carbonyl (C=O) groups is 2. The number of hydrogen-bond donors (Lipinski definition) is 0. The van der Waals surface area contributed by atoms with Crippen LogP contribution in [-0.4, -0.2) is 37.0 Å². The predicted octanol–water partition coefficient (Wildman–Crippen LogP) is 6.38. The summed E-state index contributed by atoms with van der Waals surface area (Å²) in [6, 6.07) is 3.20. The number of unbranched alkanes of at least 4 members (excludes halogenated alkanes) is 12. The molecule has 29 heavy (non-hydrogen) atoms. The first-order chi connectivity index (χ1) is 14.1. The van der Waals surface area contributed by atoms with E-state index in [-0.39, 0.29) is 18.3 Å². The predicted molar refractivity (Wildman–Crippen MR) is 117 cm³/mol. The second kappa shape index (κ2) is 17.1. The lowest BCUT2D eigenvalue weighted by Crippen LogP contribution is -2.30. The minimum Gasteiger partial charge on any atom is -0.458 e. The van der Waals surface area contributed by atoms with Gasteiger partial charge < -0.3 is 14.1 Å². The Kier molecular flexibility index (Phi) is 14.9. The van der Waals surface area contributed by atoms with Gasteiger partial charge in [-0.25, -0.2) is 4.79 Å². The van der Waals surface area contributed by atoms with Gasteiger partial charge in [-0.1, -0.05) is 84.0 Å². The van der Waals surface area contributed by atoms with Crippen LogP contribution >= 0.6 is 0 Å². The maximum absolute atomic E-state index is 12.1. The third-order valence-electron chi connectivity index (χ3n) is 5.30. The van der Waals surface area contributed by atoms with Gasteiger partial charge in [0.2, 0.25) is 11.7 Å². The van der Waals surface area contributed by atoms with E-state index in [1.165, 1.54) is 76.9 Å². The van der Waals surface area contributed by atoms with Crippen LogP contribution in [0.2, 0.25) is 0 Å². The second-order valence-corrected chi connectivity index (χ2v) is 7.92. The van der Waals surface area contributed by atoms with Crippen LogP contribution in [0.15, 0.2) is 22.8 Å². The van der Waals surface area contributed by atoms with Crippen LogP contribution < -0.4 is 0 Å². The summed E-state index contributed by atoms with van der Waals surface area (Å²) in [5.41, 5.74) is 0. The number of amides is 1. The molecule has 0 saturated heterocycles. The molecular formula is C24H41NO4. The first-order valence-electron chi connectivity index (χ1n) is 11.6. The first kappa shape index (κ1) is 25.3. The van der Waals surface area contributed by atoms with E-state index < -0.39 is 5.97 Å². The molecule has 0 saturated carbocycles. The summed E-state index contributed by atoms with van der Waals surface area (Å²) < 4.78 is 10.1. The fourth-order valence-electron chi connectivity index (χ4n) is 3.35. The quantitative estimate of drug-likeness (QED) is 0.209. The molecule has 0 fully saturated rings. The molecule has 1 aromatic heterocycles. The van der Waals surface area contributed by atoms with Crippen LogP contribution in [0.3, 0.4) is 0 Å². The minimum atomic E-state index is -0.493. The third kappa shape index (κ3) is 13.1. The SMILES string of the molecule is CCCCCCCCCCCCCCCC(=O)N(C)CCOC(=O)c1ccco1. The Hall–Kier alpha value is -1.78. The van der Waals surface area contributed by atoms with E-state index >= 15 is 0 Å². The van der Waals surface area contributed by atoms with Crippen LogP contribution in [0.1, 0.15) is 107 Å². The molecule has 0 aromatic carbocycles. The lowest BCUT2D eigenvalue weighted by atomic mass is 10.0. The van der Waals surface area contributed by atoms with Crippen LogP contribution in [0.25, 0.3) is 0 Å². The van der Waals surface area contributed by atoms with Crippen molar-refractivity contribution in [2.24, 2.45) is 0 Å². The van der Waals surface area contributed by atoms with Crippen molar-refractivity contribution in [1.29, 1.82) is 0 Å². The van der Waals surface area contributed by atoms with Gasteiger partial charge >= 0.3 is 5.97 Å². The topological polar surface area (TPSA) is 59.8 Å². The molecule has 0 radical (unpaired) electrons. The molecule has 0 N–H and O–H groups in total. The molecule has 1 amide bonds. The number of esters is 1. The van der Waals surface area contributed by atoms with Gasteiger partial charge in [0.05, 0.1) is 12.8 Å². The fraction of sp³-hybridized carbons (Fsp3) is 0.750. The third-order valence-corrected chi connectivity index (χ3v) is 5.30. The van der Waals surface area contributed by atoms with Crippen molar-refractivity contribution in [3.8, 4) is 0 Å². The molecule has 1 rings (SSSR count). The zero-order chi connectivity index (χ0) is 21.2. The summed E-state index contributed by atoms with van der Waals surface area (Å²) in [5.74, 6) is -0.194. The Labute approximate surface area is 177 Å². The van der Waals surface area contributed by atoms with Gasteiger partial charge in [0.25, 0.3) is 0 Å². The summed E-state index contributed by atoms with van der Waals surface area (Å²) in [5, 5.41) is 0. The minimum absolute atomic E-state index is 0.113. The molecule has 0 aliphatic heterocycles. The summed E-state index contributed by atoms with van der Waals surface area (Å²) in [6.07, 6.45) is 18.9. The van der Waals surface area contributed by atoms with Crippen LogP contribution in [0.4, 0.5) is 0 Å². The number of furan rings is 1. The molecule has 1 heterocycles. The smallest absolute Gasteiger partial charge is 0.374 e. The molecule has 0 aliphatic carbocycles. The van der Waals surface area contributed by atoms with Crippen molar-refractivity contribution in [2.75, 3.05) is 20.2 Å². The van der Waals surface area contributed by atoms with Crippen molar-refractivity contribution in [3.05, 3.63) is 24.2 Å². The van der Waals surface area contributed by atoms with E-state index in [2.05, 4.69) is 6.92 Å². The summed E-state index contributed by atoms with van der Waals surface area (Å²) in [4.78, 5) is 25.4. The Morgan fingerprint density at radius 3 is 1.97 bits per heavy atom. The number of rotatable bonds is 18. The van der Waals surface area contributed by atoms with Gasteiger partial charge in [-0.05, 0) is 18.6 Å². The normalized spacial score (nSPS) is 10.8. The maximum Gasteiger partial charge on any atom is 0.374 e. The Morgan fingerprint density at radius 1 is 0.897 bits per heavy atom. The number of hydrogen-bond acceptors (Lipinski definition) is 4. The Balaban J connectivity index is 1.88. The lowest BCUT2D eigenvalue weighted by molar-refractivity contribution is -0.130. The zero-order valence-corrected chi connectivity index (χ0v) is 18.6. The lowest BCUT2D eigenvalue weighted by Gasteiger charge is -2.16. The second-order valence-electron chi connectivity index (χ2n) is 7.92. The number of likely N-dealkylation sites (N-methyl/N-ethyl adjacent to an activating group) is 1. The van der Waals surface area contributed by atoms with Crippen molar-refractivity contribution in [1.82, 2.24) is 4.90 Å². The van der Waals surface area contributed by atoms with Gasteiger partial charge in [-0.3, -0.25) is 4.79 Å². The van der Waals surface area contributed by atoms with Gasteiger partial charge in [-0.15, -0.1) is 0 Å². The van der Waals surface area contributed by atoms with Gasteiger partial charge in [0.1, 0.15) is 6.61 Å². The van der Waals surface area contributed by atoms with E-state index in [4.69, 9.17) is 9.15 Å². The molecular weight excluding hydrogens is 366 g/mol. The number of nitrogens with zero attached hydrogens (tertiary/aromatic N) is 1. The van der Waals surface area contributed by atoms with E-state index in [0.29, 0.717) is 13.0 Å². The molecule has 0 spiro atoms. The molecule has 166 valence electrons. The Morgan fingerprint density at radius 2 is 1.45 bits per heavy atom. The molecule has 0 bridgehead atoms. The van der Waals surface area contributed by atoms with E-state index in [0.717, 1.165) is 12.8 Å². The van der Waals surface area contributed by atoms with Crippen molar-refractivity contribution in [3.63, 3.8) is 0 Å². The number of ether oxygens (including phenoxy) is 1. The maximum atomic E-state index is 12.1. The highest BCUT2D eigenvalue weighted by molar-refractivity contribution is 5.86. The summed E-state index contributed by atoms with van der Waals surface area (Å²) >= 11 is 0. The summed E-state index contributed by atoms with van der Waals surface area (Å²) in [7, 11) is 1.76. The summed E-state index contributed by atoms with van der Waals surface area (Å²) in [6.45, 7) is 2.85. The van der Waals surface area contributed by atoms with Crippen molar-refractivity contribution < 1.29 is 18.7 Å². The van der Waals surface area contributed by atoms with Crippen LogP contribution in [0.5, 0.6) is 0 Å². The average Bonchev–Trinajstić information content (AvgIpc) is 3.26. The van der Waals surface area contributed by atoms with E-state index in [1.54, 1.807) is 24.1 Å². The van der Waals surface area contributed by atoms with Crippen LogP contribution in [-0.2, 0) is 9.53 Å². The van der Waals surface area contributed by atoms with Crippen LogP contribution in [0, 0.1) is 0 Å². The van der Waals surface area contributed by atoms with E-state index in [1.807, 2.05) is 0 Å². The highest BCUT2D eigenvalue weighted by Crippen LogP contribution is 2.13. The van der Waals surface area contributed by atoms with E-state index in [9.17, 15) is 9.59 Å². The average molecular weight is 408 g/mol. The van der Waals surface area contributed by atoms with Crippen molar-refractivity contribution >= 4 is 11.9 Å². The molecule has 0 atom stereocenters. The highest BCUT2D eigenvalue weighted by atomic mass is 16.5. The van der Waals surface area contributed by atoms with Gasteiger partial charge in [0, 0.05) is 13.5 Å². The molecule has 5 heteroatoms. The number of carbonyl (C=O) groups excluding carboxylic acids is 2. The standard InChI is InChI=1S/C24H41NO4/c1-3-4-5-6-7-8-9-10-11-12-13-14-15-18-23(26)25(2)19-21-29-24(27)22-17-16-20-28-22/h16-17,20H,3-15,18-19,21H2,1-2H3. The molecule has 5 nitrogen and oxygen atoms in total. The monoisotopic (exact) mass is 407 g/mol. The largest absolute Gasteiger partial charge is 0.458 e. The van der Waals surface area contributed by atoms with Gasteiger partial charge in [0.15, 0.2) is 0 Å². The molecule has 0 aliphatic rings.